The van der Waals surface area contributed by atoms with Gasteiger partial charge in [0.25, 0.3) is 0 Å². The molecular weight excluding hydrogens is 202 g/mol. The highest BCUT2D eigenvalue weighted by atomic mass is 16.5. The predicted octanol–water partition coefficient (Wildman–Crippen LogP) is 2.12. The van der Waals surface area contributed by atoms with Gasteiger partial charge in [0.05, 0.1) is 14.2 Å². The maximum atomic E-state index is 6.05. The van der Waals surface area contributed by atoms with Crippen LogP contribution in [0.4, 0.5) is 0 Å². The van der Waals surface area contributed by atoms with Crippen molar-refractivity contribution in [1.29, 1.82) is 0 Å². The summed E-state index contributed by atoms with van der Waals surface area (Å²) in [7, 11) is 3.21. The summed E-state index contributed by atoms with van der Waals surface area (Å²) < 4.78 is 10.5. The minimum absolute atomic E-state index is 0.124. The first kappa shape index (κ1) is 12.4. The van der Waals surface area contributed by atoms with E-state index in [4.69, 9.17) is 21.6 Å². The zero-order valence-electron chi connectivity index (χ0n) is 9.69. The van der Waals surface area contributed by atoms with E-state index in [1.807, 2.05) is 18.2 Å². The third kappa shape index (κ3) is 2.68. The molecule has 3 nitrogen and oxygen atoms in total. The van der Waals surface area contributed by atoms with Gasteiger partial charge < -0.3 is 15.2 Å². The van der Waals surface area contributed by atoms with E-state index in [0.717, 1.165) is 12.0 Å². The summed E-state index contributed by atoms with van der Waals surface area (Å²) in [6.45, 7) is 0. The molecule has 1 rings (SSSR count). The van der Waals surface area contributed by atoms with E-state index in [-0.39, 0.29) is 6.04 Å². The molecule has 86 valence electrons. The summed E-state index contributed by atoms with van der Waals surface area (Å²) in [5.74, 6) is 3.96. The molecule has 0 fully saturated rings. The van der Waals surface area contributed by atoms with Gasteiger partial charge in [-0.3, -0.25) is 0 Å². The van der Waals surface area contributed by atoms with Crippen molar-refractivity contribution in [2.45, 2.75) is 18.9 Å². The fraction of sp³-hybridized carbons (Fsp3) is 0.385. The Kier molecular flexibility index (Phi) is 4.68. The Morgan fingerprint density at radius 1 is 1.38 bits per heavy atom. The number of hydrogen-bond donors (Lipinski definition) is 1. The maximum absolute atomic E-state index is 6.05. The Bertz CT molecular complexity index is 382. The fourth-order valence-electron chi connectivity index (χ4n) is 1.60. The lowest BCUT2D eigenvalue weighted by Crippen LogP contribution is -2.11. The van der Waals surface area contributed by atoms with Gasteiger partial charge in [-0.1, -0.05) is 12.1 Å². The summed E-state index contributed by atoms with van der Waals surface area (Å²) >= 11 is 0. The standard InChI is InChI=1S/C13H17NO2/c1-4-5-8-11(14)10-7-6-9-12(15-2)13(10)16-3/h1,6-7,9,11H,5,8,14H2,2-3H3. The van der Waals surface area contributed by atoms with Gasteiger partial charge in [-0.2, -0.15) is 0 Å². The summed E-state index contributed by atoms with van der Waals surface area (Å²) in [5, 5.41) is 0. The second-order valence-corrected chi connectivity index (χ2v) is 3.43. The molecule has 0 aromatic heterocycles. The average molecular weight is 219 g/mol. The van der Waals surface area contributed by atoms with Crippen LogP contribution in [0.25, 0.3) is 0 Å². The molecule has 0 amide bonds. The number of terminal acetylenes is 1. The van der Waals surface area contributed by atoms with Crippen molar-refractivity contribution in [2.75, 3.05) is 14.2 Å². The molecule has 16 heavy (non-hydrogen) atoms. The van der Waals surface area contributed by atoms with Crippen molar-refractivity contribution in [3.8, 4) is 23.8 Å². The maximum Gasteiger partial charge on any atom is 0.165 e. The van der Waals surface area contributed by atoms with Gasteiger partial charge >= 0.3 is 0 Å². The Balaban J connectivity index is 2.98. The van der Waals surface area contributed by atoms with E-state index >= 15 is 0 Å². The molecule has 2 N–H and O–H groups in total. The van der Waals surface area contributed by atoms with Crippen molar-refractivity contribution in [3.63, 3.8) is 0 Å². The summed E-state index contributed by atoms with van der Waals surface area (Å²) in [5.41, 5.74) is 6.98. The molecule has 1 aromatic rings. The number of benzene rings is 1. The first-order chi connectivity index (χ1) is 7.74. The van der Waals surface area contributed by atoms with Crippen LogP contribution in [0.2, 0.25) is 0 Å². The van der Waals surface area contributed by atoms with Crippen molar-refractivity contribution in [1.82, 2.24) is 0 Å². The minimum atomic E-state index is -0.124. The molecule has 0 bridgehead atoms. The third-order valence-electron chi connectivity index (χ3n) is 2.43. The average Bonchev–Trinajstić information content (AvgIpc) is 2.34. The first-order valence-corrected chi connectivity index (χ1v) is 5.14. The molecule has 0 aliphatic rings. The Labute approximate surface area is 96.6 Å². The molecule has 3 heteroatoms. The Morgan fingerprint density at radius 2 is 2.12 bits per heavy atom. The molecule has 0 spiro atoms. The fourth-order valence-corrected chi connectivity index (χ4v) is 1.60. The Hall–Kier alpha value is -1.66. The lowest BCUT2D eigenvalue weighted by molar-refractivity contribution is 0.349. The molecule has 0 aliphatic carbocycles. The molecule has 1 unspecified atom stereocenters. The van der Waals surface area contributed by atoms with Crippen LogP contribution < -0.4 is 15.2 Å². The number of hydrogen-bond acceptors (Lipinski definition) is 3. The SMILES string of the molecule is C#CCCC(N)c1cccc(OC)c1OC. The Morgan fingerprint density at radius 3 is 2.69 bits per heavy atom. The molecule has 1 atom stereocenters. The number of rotatable bonds is 5. The second-order valence-electron chi connectivity index (χ2n) is 3.43. The second kappa shape index (κ2) is 6.04. The lowest BCUT2D eigenvalue weighted by atomic mass is 10.0. The topological polar surface area (TPSA) is 44.5 Å². The quantitative estimate of drug-likeness (QED) is 0.771. The molecule has 1 aromatic carbocycles. The van der Waals surface area contributed by atoms with E-state index in [9.17, 15) is 0 Å². The van der Waals surface area contributed by atoms with Crippen molar-refractivity contribution >= 4 is 0 Å². The highest BCUT2D eigenvalue weighted by Gasteiger charge is 2.14. The molecule has 0 heterocycles. The van der Waals surface area contributed by atoms with Crippen LogP contribution in [0.1, 0.15) is 24.4 Å². The van der Waals surface area contributed by atoms with Crippen LogP contribution in [-0.4, -0.2) is 14.2 Å². The van der Waals surface area contributed by atoms with Gasteiger partial charge in [0.15, 0.2) is 11.5 Å². The normalized spacial score (nSPS) is 11.6. The van der Waals surface area contributed by atoms with Crippen LogP contribution in [0, 0.1) is 12.3 Å². The van der Waals surface area contributed by atoms with Gasteiger partial charge in [0, 0.05) is 18.0 Å². The zero-order chi connectivity index (χ0) is 12.0. The largest absolute Gasteiger partial charge is 0.493 e. The number of methoxy groups -OCH3 is 2. The van der Waals surface area contributed by atoms with Gasteiger partial charge in [-0.05, 0) is 12.5 Å². The van der Waals surface area contributed by atoms with Crippen LogP contribution in [-0.2, 0) is 0 Å². The monoisotopic (exact) mass is 219 g/mol. The first-order valence-electron chi connectivity index (χ1n) is 5.14. The van der Waals surface area contributed by atoms with E-state index < -0.39 is 0 Å². The number of nitrogens with two attached hydrogens (primary N) is 1. The summed E-state index contributed by atoms with van der Waals surface area (Å²) in [6.07, 6.45) is 6.61. The van der Waals surface area contributed by atoms with E-state index in [2.05, 4.69) is 5.92 Å². The smallest absolute Gasteiger partial charge is 0.165 e. The third-order valence-corrected chi connectivity index (χ3v) is 2.43. The van der Waals surface area contributed by atoms with Gasteiger partial charge in [0.2, 0.25) is 0 Å². The zero-order valence-corrected chi connectivity index (χ0v) is 9.69. The van der Waals surface area contributed by atoms with E-state index in [1.165, 1.54) is 0 Å². The van der Waals surface area contributed by atoms with Crippen LogP contribution in [0.3, 0.4) is 0 Å². The highest BCUT2D eigenvalue weighted by molar-refractivity contribution is 5.47. The lowest BCUT2D eigenvalue weighted by Gasteiger charge is -2.16. The summed E-state index contributed by atoms with van der Waals surface area (Å²) in [6, 6.07) is 5.55. The number of para-hydroxylation sites is 1. The van der Waals surface area contributed by atoms with Crippen LogP contribution >= 0.6 is 0 Å². The van der Waals surface area contributed by atoms with E-state index in [0.29, 0.717) is 17.9 Å². The van der Waals surface area contributed by atoms with Gasteiger partial charge in [-0.15, -0.1) is 12.3 Å². The molecule has 0 saturated heterocycles. The van der Waals surface area contributed by atoms with Gasteiger partial charge in [0.1, 0.15) is 0 Å². The highest BCUT2D eigenvalue weighted by Crippen LogP contribution is 2.34. The van der Waals surface area contributed by atoms with Crippen LogP contribution in [0.5, 0.6) is 11.5 Å². The van der Waals surface area contributed by atoms with Gasteiger partial charge in [-0.25, -0.2) is 0 Å². The van der Waals surface area contributed by atoms with Crippen molar-refractivity contribution in [3.05, 3.63) is 23.8 Å². The molecule has 0 saturated carbocycles. The predicted molar refractivity (Wildman–Crippen MR) is 64.5 cm³/mol. The van der Waals surface area contributed by atoms with Crippen LogP contribution in [0.15, 0.2) is 18.2 Å². The van der Waals surface area contributed by atoms with Crippen molar-refractivity contribution in [2.24, 2.45) is 5.73 Å². The van der Waals surface area contributed by atoms with Crippen molar-refractivity contribution < 1.29 is 9.47 Å². The molecule has 0 radical (unpaired) electrons. The minimum Gasteiger partial charge on any atom is -0.493 e. The molecule has 0 aliphatic heterocycles. The molecular formula is C13H17NO2. The van der Waals surface area contributed by atoms with E-state index in [1.54, 1.807) is 14.2 Å². The summed E-state index contributed by atoms with van der Waals surface area (Å²) in [4.78, 5) is 0. The number of ether oxygens (including phenoxy) is 2.